The van der Waals surface area contributed by atoms with Crippen LogP contribution in [0.2, 0.25) is 0 Å². The summed E-state index contributed by atoms with van der Waals surface area (Å²) in [4.78, 5) is 4.66. The van der Waals surface area contributed by atoms with Crippen molar-refractivity contribution in [2.24, 2.45) is 12.0 Å². The summed E-state index contributed by atoms with van der Waals surface area (Å²) >= 11 is 0. The standard InChI is InChI=1S/C18H36N6.HI/c1-9-19-17(20-10-11-21-18(5,6)7)22-13(2)12-16-14(3)23-24(8)15(16)4;/h13,21H,9-12H2,1-8H3,(H2,19,20,22);1H. The van der Waals surface area contributed by atoms with Crippen LogP contribution in [-0.4, -0.2) is 47.0 Å². The molecule has 0 radical (unpaired) electrons. The number of hydrogen-bond donors (Lipinski definition) is 3. The van der Waals surface area contributed by atoms with E-state index in [1.807, 2.05) is 11.7 Å². The second-order valence-electron chi connectivity index (χ2n) is 7.46. The Kier molecular flexibility index (Phi) is 10.6. The Morgan fingerprint density at radius 3 is 2.40 bits per heavy atom. The fraction of sp³-hybridized carbons (Fsp3) is 0.778. The number of halogens is 1. The zero-order valence-corrected chi connectivity index (χ0v) is 19.5. The summed E-state index contributed by atoms with van der Waals surface area (Å²) in [6, 6.07) is 0.292. The molecule has 7 heteroatoms. The average Bonchev–Trinajstić information content (AvgIpc) is 2.69. The van der Waals surface area contributed by atoms with E-state index in [9.17, 15) is 0 Å². The Hall–Kier alpha value is -0.830. The molecule has 1 aromatic heterocycles. The van der Waals surface area contributed by atoms with E-state index in [4.69, 9.17) is 0 Å². The Morgan fingerprint density at radius 2 is 1.92 bits per heavy atom. The SMILES string of the molecule is CCNC(=NCCNC(C)(C)C)NC(C)Cc1c(C)nn(C)c1C.I. The van der Waals surface area contributed by atoms with Gasteiger partial charge in [0.15, 0.2) is 5.96 Å². The van der Waals surface area contributed by atoms with E-state index >= 15 is 0 Å². The van der Waals surface area contributed by atoms with Crippen molar-refractivity contribution in [1.29, 1.82) is 0 Å². The van der Waals surface area contributed by atoms with Crippen LogP contribution in [0.5, 0.6) is 0 Å². The zero-order valence-electron chi connectivity index (χ0n) is 17.2. The van der Waals surface area contributed by atoms with Crippen molar-refractivity contribution in [2.75, 3.05) is 19.6 Å². The first-order valence-electron chi connectivity index (χ1n) is 8.93. The minimum absolute atomic E-state index is 0. The molecule has 1 aromatic rings. The number of rotatable bonds is 7. The molecule has 0 amide bonds. The lowest BCUT2D eigenvalue weighted by Gasteiger charge is -2.21. The van der Waals surface area contributed by atoms with Gasteiger partial charge < -0.3 is 16.0 Å². The van der Waals surface area contributed by atoms with Crippen molar-refractivity contribution in [1.82, 2.24) is 25.7 Å². The summed E-state index contributed by atoms with van der Waals surface area (Å²) in [5, 5.41) is 14.8. The minimum Gasteiger partial charge on any atom is -0.357 e. The van der Waals surface area contributed by atoms with Gasteiger partial charge in [-0.15, -0.1) is 24.0 Å². The maximum absolute atomic E-state index is 4.66. The number of aryl methyl sites for hydroxylation is 2. The molecule has 1 heterocycles. The molecule has 0 aliphatic carbocycles. The summed E-state index contributed by atoms with van der Waals surface area (Å²) < 4.78 is 1.95. The van der Waals surface area contributed by atoms with Gasteiger partial charge in [-0.3, -0.25) is 9.67 Å². The highest BCUT2D eigenvalue weighted by atomic mass is 127. The van der Waals surface area contributed by atoms with Crippen molar-refractivity contribution in [3.05, 3.63) is 17.0 Å². The smallest absolute Gasteiger partial charge is 0.191 e. The van der Waals surface area contributed by atoms with Gasteiger partial charge in [-0.2, -0.15) is 5.10 Å². The highest BCUT2D eigenvalue weighted by Crippen LogP contribution is 2.14. The molecule has 1 rings (SSSR count). The van der Waals surface area contributed by atoms with Crippen LogP contribution in [0.15, 0.2) is 4.99 Å². The highest BCUT2D eigenvalue weighted by molar-refractivity contribution is 14.0. The van der Waals surface area contributed by atoms with Crippen LogP contribution in [0, 0.1) is 13.8 Å². The molecule has 3 N–H and O–H groups in total. The van der Waals surface area contributed by atoms with Crippen molar-refractivity contribution in [3.63, 3.8) is 0 Å². The number of hydrogen-bond acceptors (Lipinski definition) is 3. The summed E-state index contributed by atoms with van der Waals surface area (Å²) in [6.07, 6.45) is 0.941. The van der Waals surface area contributed by atoms with Crippen LogP contribution in [0.3, 0.4) is 0 Å². The molecule has 0 saturated heterocycles. The number of aliphatic imine (C=N–C) groups is 1. The van der Waals surface area contributed by atoms with Crippen LogP contribution in [0.1, 0.15) is 51.6 Å². The Balaban J connectivity index is 0.00000576. The molecule has 1 atom stereocenters. The fourth-order valence-corrected chi connectivity index (χ4v) is 2.62. The van der Waals surface area contributed by atoms with Crippen molar-refractivity contribution >= 4 is 29.9 Å². The first-order chi connectivity index (χ1) is 11.1. The molecular formula is C18H37IN6. The second kappa shape index (κ2) is 11.0. The van der Waals surface area contributed by atoms with Crippen molar-refractivity contribution < 1.29 is 0 Å². The minimum atomic E-state index is 0. The zero-order chi connectivity index (χ0) is 18.3. The van der Waals surface area contributed by atoms with Gasteiger partial charge in [0.2, 0.25) is 0 Å². The van der Waals surface area contributed by atoms with Crippen LogP contribution in [-0.2, 0) is 13.5 Å². The lowest BCUT2D eigenvalue weighted by atomic mass is 10.1. The first kappa shape index (κ1) is 24.2. The maximum Gasteiger partial charge on any atom is 0.191 e. The highest BCUT2D eigenvalue weighted by Gasteiger charge is 2.14. The third-order valence-corrected chi connectivity index (χ3v) is 3.93. The van der Waals surface area contributed by atoms with E-state index in [2.05, 4.69) is 74.5 Å². The van der Waals surface area contributed by atoms with Gasteiger partial charge in [-0.1, -0.05) is 0 Å². The largest absolute Gasteiger partial charge is 0.357 e. The van der Waals surface area contributed by atoms with Crippen molar-refractivity contribution in [2.45, 2.75) is 66.5 Å². The Bertz CT molecular complexity index is 544. The molecule has 0 aliphatic heterocycles. The van der Waals surface area contributed by atoms with E-state index in [1.165, 1.54) is 11.3 Å². The summed E-state index contributed by atoms with van der Waals surface area (Å²) in [5.41, 5.74) is 3.80. The molecule has 0 spiro atoms. The van der Waals surface area contributed by atoms with Gasteiger partial charge in [0.05, 0.1) is 12.2 Å². The van der Waals surface area contributed by atoms with E-state index in [0.717, 1.165) is 37.7 Å². The Morgan fingerprint density at radius 1 is 1.28 bits per heavy atom. The van der Waals surface area contributed by atoms with E-state index in [0.29, 0.717) is 6.04 Å². The van der Waals surface area contributed by atoms with Gasteiger partial charge in [0, 0.05) is 37.4 Å². The van der Waals surface area contributed by atoms with Gasteiger partial charge in [-0.25, -0.2) is 0 Å². The average molecular weight is 464 g/mol. The van der Waals surface area contributed by atoms with Crippen LogP contribution in [0.4, 0.5) is 0 Å². The van der Waals surface area contributed by atoms with Gasteiger partial charge in [0.1, 0.15) is 0 Å². The lowest BCUT2D eigenvalue weighted by Crippen LogP contribution is -2.44. The number of guanidine groups is 1. The molecule has 6 nitrogen and oxygen atoms in total. The van der Waals surface area contributed by atoms with Gasteiger partial charge in [-0.05, 0) is 60.5 Å². The topological polar surface area (TPSA) is 66.3 Å². The molecule has 0 bridgehead atoms. The molecule has 0 saturated carbocycles. The molecule has 25 heavy (non-hydrogen) atoms. The fourth-order valence-electron chi connectivity index (χ4n) is 2.62. The molecule has 146 valence electrons. The summed E-state index contributed by atoms with van der Waals surface area (Å²) in [6.45, 7) is 17.5. The molecule has 1 unspecified atom stereocenters. The first-order valence-corrected chi connectivity index (χ1v) is 8.93. The summed E-state index contributed by atoms with van der Waals surface area (Å²) in [7, 11) is 2.00. The number of nitrogens with zero attached hydrogens (tertiary/aromatic N) is 3. The lowest BCUT2D eigenvalue weighted by molar-refractivity contribution is 0.432. The summed E-state index contributed by atoms with van der Waals surface area (Å²) in [5.74, 6) is 0.875. The molecular weight excluding hydrogens is 427 g/mol. The second-order valence-corrected chi connectivity index (χ2v) is 7.46. The normalized spacial score (nSPS) is 13.4. The van der Waals surface area contributed by atoms with Crippen LogP contribution in [0.25, 0.3) is 0 Å². The molecule has 0 aliphatic rings. The van der Waals surface area contributed by atoms with Gasteiger partial charge in [0.25, 0.3) is 0 Å². The van der Waals surface area contributed by atoms with E-state index in [-0.39, 0.29) is 29.5 Å². The van der Waals surface area contributed by atoms with E-state index < -0.39 is 0 Å². The Labute approximate surface area is 170 Å². The third-order valence-electron chi connectivity index (χ3n) is 3.93. The van der Waals surface area contributed by atoms with Crippen LogP contribution >= 0.6 is 24.0 Å². The monoisotopic (exact) mass is 464 g/mol. The quantitative estimate of drug-likeness (QED) is 0.251. The molecule has 0 fully saturated rings. The van der Waals surface area contributed by atoms with Crippen molar-refractivity contribution in [3.8, 4) is 0 Å². The number of aromatic nitrogens is 2. The van der Waals surface area contributed by atoms with Gasteiger partial charge >= 0.3 is 0 Å². The van der Waals surface area contributed by atoms with Crippen LogP contribution < -0.4 is 16.0 Å². The maximum atomic E-state index is 4.66. The van der Waals surface area contributed by atoms with E-state index in [1.54, 1.807) is 0 Å². The molecule has 0 aromatic carbocycles. The number of nitrogens with one attached hydrogen (secondary N) is 3. The third kappa shape index (κ3) is 8.89. The predicted octanol–water partition coefficient (Wildman–Crippen LogP) is 2.53. The predicted molar refractivity (Wildman–Crippen MR) is 118 cm³/mol.